The first kappa shape index (κ1) is 30.1. The first-order valence-electron chi connectivity index (χ1n) is 14.7. The summed E-state index contributed by atoms with van der Waals surface area (Å²) in [6, 6.07) is 4.52. The third-order valence-electron chi connectivity index (χ3n) is 8.93. The Kier molecular flexibility index (Phi) is 7.59. The fourth-order valence-electron chi connectivity index (χ4n) is 5.87. The van der Waals surface area contributed by atoms with Gasteiger partial charge < -0.3 is 18.8 Å². The zero-order valence-electron chi connectivity index (χ0n) is 24.6. The predicted octanol–water partition coefficient (Wildman–Crippen LogP) is 8.15. The third-order valence-corrected chi connectivity index (χ3v) is 10.6. The van der Waals surface area contributed by atoms with Gasteiger partial charge in [0.15, 0.2) is 23.3 Å². The van der Waals surface area contributed by atoms with Gasteiger partial charge in [-0.1, -0.05) is 26.1 Å². The second-order valence-electron chi connectivity index (χ2n) is 13.5. The number of rotatable bonds is 10. The quantitative estimate of drug-likeness (QED) is 0.130. The average Bonchev–Trinajstić information content (AvgIpc) is 3.65. The number of hydrogen-bond donors (Lipinski definition) is 0. The summed E-state index contributed by atoms with van der Waals surface area (Å²) >= 11 is 0. The molecule has 2 saturated carbocycles. The topological polar surface area (TPSA) is 57.9 Å². The molecule has 1 aromatic carbocycles. The van der Waals surface area contributed by atoms with Crippen LogP contribution in [0, 0.1) is 17.0 Å². The van der Waals surface area contributed by atoms with E-state index in [1.807, 2.05) is 0 Å². The van der Waals surface area contributed by atoms with Gasteiger partial charge in [-0.15, -0.1) is 0 Å². The minimum absolute atomic E-state index is 0.00410. The van der Waals surface area contributed by atoms with E-state index >= 15 is 8.78 Å². The van der Waals surface area contributed by atoms with E-state index in [-0.39, 0.29) is 53.8 Å². The van der Waals surface area contributed by atoms with Crippen molar-refractivity contribution in [2.24, 2.45) is 10.4 Å². The molecule has 0 atom stereocenters. The molecule has 1 aliphatic heterocycles. The summed E-state index contributed by atoms with van der Waals surface area (Å²) in [5.74, 6) is -2.31. The standard InChI is InChI=1S/C31H36F5N3O3Si/c1-43(2,3)12-11-40-19-39-16-21(30(8-9-30)31(34,35)36)26-24(5-10-37-28(26)39)42-27-22(32)13-20(14-23(27)33)15-25-38-17-29(18-41-25)6-4-7-29/h5,10,13-14,16H,4,6-9,11-12,15,17-19H2,1-3H3. The van der Waals surface area contributed by atoms with E-state index in [1.54, 1.807) is 0 Å². The summed E-state index contributed by atoms with van der Waals surface area (Å²) < 4.78 is 92.4. The van der Waals surface area contributed by atoms with Crippen molar-refractivity contribution in [2.45, 2.75) is 82.5 Å². The van der Waals surface area contributed by atoms with E-state index in [4.69, 9.17) is 14.2 Å². The first-order chi connectivity index (χ1) is 20.3. The fraction of sp³-hybridized carbons (Fsp3) is 0.548. The van der Waals surface area contributed by atoms with Crippen molar-refractivity contribution in [2.75, 3.05) is 19.8 Å². The first-order valence-corrected chi connectivity index (χ1v) is 18.4. The van der Waals surface area contributed by atoms with E-state index < -0.39 is 37.0 Å². The van der Waals surface area contributed by atoms with Crippen LogP contribution >= 0.6 is 0 Å². The van der Waals surface area contributed by atoms with E-state index in [9.17, 15) is 13.2 Å². The number of hydrogen-bond acceptors (Lipinski definition) is 5. The molecule has 0 N–H and O–H groups in total. The van der Waals surface area contributed by atoms with Crippen LogP contribution in [0.25, 0.3) is 11.0 Å². The zero-order valence-corrected chi connectivity index (χ0v) is 25.6. The monoisotopic (exact) mass is 621 g/mol. The summed E-state index contributed by atoms with van der Waals surface area (Å²) in [5.41, 5.74) is -1.47. The van der Waals surface area contributed by atoms with Crippen LogP contribution in [0.5, 0.6) is 11.5 Å². The second kappa shape index (κ2) is 10.9. The number of pyridine rings is 1. The lowest BCUT2D eigenvalue weighted by Crippen LogP contribution is -2.41. The van der Waals surface area contributed by atoms with Gasteiger partial charge in [0.05, 0.1) is 24.0 Å². The molecule has 0 unspecified atom stereocenters. The van der Waals surface area contributed by atoms with E-state index in [0.717, 1.165) is 37.4 Å². The lowest BCUT2D eigenvalue weighted by Gasteiger charge is -2.42. The van der Waals surface area contributed by atoms with Crippen molar-refractivity contribution in [3.05, 3.63) is 53.4 Å². The van der Waals surface area contributed by atoms with Gasteiger partial charge in [0.2, 0.25) is 0 Å². The normalized spacial score (nSPS) is 19.2. The number of aliphatic imine (C=N–C) groups is 1. The van der Waals surface area contributed by atoms with E-state index in [1.165, 1.54) is 23.0 Å². The minimum Gasteiger partial charge on any atom is -0.480 e. The number of benzene rings is 1. The predicted molar refractivity (Wildman–Crippen MR) is 155 cm³/mol. The van der Waals surface area contributed by atoms with Crippen LogP contribution in [-0.4, -0.2) is 49.5 Å². The molecule has 12 heteroatoms. The van der Waals surface area contributed by atoms with Gasteiger partial charge in [-0.25, -0.2) is 13.8 Å². The van der Waals surface area contributed by atoms with Crippen LogP contribution < -0.4 is 4.74 Å². The molecule has 2 aliphatic carbocycles. The molecule has 0 radical (unpaired) electrons. The molecule has 1 spiro atoms. The molecule has 232 valence electrons. The SMILES string of the molecule is C[Si](C)(C)CCOCn1cc(C2(C(F)(F)F)CC2)c2c(Oc3c(F)cc(CC4=NCC5(CCC5)CO4)cc3F)ccnc21. The maximum atomic E-state index is 15.3. The summed E-state index contributed by atoms with van der Waals surface area (Å²) in [4.78, 5) is 8.82. The maximum absolute atomic E-state index is 15.3. The molecule has 0 saturated heterocycles. The molecule has 2 aromatic heterocycles. The molecule has 0 bridgehead atoms. The molecule has 2 fully saturated rings. The van der Waals surface area contributed by atoms with Crippen molar-refractivity contribution in [3.8, 4) is 11.5 Å². The Labute approximate surface area is 248 Å². The largest absolute Gasteiger partial charge is 0.480 e. The molecule has 43 heavy (non-hydrogen) atoms. The van der Waals surface area contributed by atoms with Crippen LogP contribution in [0.3, 0.4) is 0 Å². The highest BCUT2D eigenvalue weighted by atomic mass is 28.3. The lowest BCUT2D eigenvalue weighted by atomic mass is 9.69. The Morgan fingerprint density at radius 1 is 1.07 bits per heavy atom. The fourth-order valence-corrected chi connectivity index (χ4v) is 6.63. The highest BCUT2D eigenvalue weighted by Crippen LogP contribution is 2.61. The maximum Gasteiger partial charge on any atom is 0.398 e. The number of aromatic nitrogens is 2. The van der Waals surface area contributed by atoms with Gasteiger partial charge in [-0.05, 0) is 61.1 Å². The summed E-state index contributed by atoms with van der Waals surface area (Å²) in [6.07, 6.45) is 1.48. The molecule has 3 heterocycles. The molecule has 6 nitrogen and oxygen atoms in total. The number of nitrogens with zero attached hydrogens (tertiary/aromatic N) is 3. The van der Waals surface area contributed by atoms with Crippen molar-refractivity contribution in [1.82, 2.24) is 9.55 Å². The minimum atomic E-state index is -4.52. The van der Waals surface area contributed by atoms with Crippen LogP contribution in [0.4, 0.5) is 22.0 Å². The van der Waals surface area contributed by atoms with E-state index in [0.29, 0.717) is 31.2 Å². The van der Waals surface area contributed by atoms with Crippen LogP contribution in [0.2, 0.25) is 25.7 Å². The average molecular weight is 622 g/mol. The van der Waals surface area contributed by atoms with Crippen molar-refractivity contribution in [1.29, 1.82) is 0 Å². The van der Waals surface area contributed by atoms with Gasteiger partial charge in [0.25, 0.3) is 0 Å². The van der Waals surface area contributed by atoms with Crippen LogP contribution in [0.1, 0.15) is 43.2 Å². The molecular formula is C31H36F5N3O3Si. The van der Waals surface area contributed by atoms with Gasteiger partial charge in [0, 0.05) is 38.9 Å². The van der Waals surface area contributed by atoms with Gasteiger partial charge in [0.1, 0.15) is 18.1 Å². The van der Waals surface area contributed by atoms with Crippen LogP contribution in [0.15, 0.2) is 35.6 Å². The Bertz CT molecular complexity index is 1530. The number of fused-ring (bicyclic) bond motifs is 1. The van der Waals surface area contributed by atoms with Gasteiger partial charge in [-0.2, -0.15) is 13.2 Å². The second-order valence-corrected chi connectivity index (χ2v) is 19.1. The van der Waals surface area contributed by atoms with Gasteiger partial charge in [-0.3, -0.25) is 4.99 Å². The Balaban J connectivity index is 1.29. The smallest absolute Gasteiger partial charge is 0.398 e. The van der Waals surface area contributed by atoms with Crippen molar-refractivity contribution in [3.63, 3.8) is 0 Å². The zero-order chi connectivity index (χ0) is 30.6. The summed E-state index contributed by atoms with van der Waals surface area (Å²) in [6.45, 7) is 8.28. The number of ether oxygens (including phenoxy) is 3. The highest BCUT2D eigenvalue weighted by Gasteiger charge is 2.65. The van der Waals surface area contributed by atoms with E-state index in [2.05, 4.69) is 29.6 Å². The van der Waals surface area contributed by atoms with Crippen molar-refractivity contribution >= 4 is 25.0 Å². The molecule has 0 amide bonds. The summed E-state index contributed by atoms with van der Waals surface area (Å²) in [7, 11) is -1.38. The molecular weight excluding hydrogens is 585 g/mol. The summed E-state index contributed by atoms with van der Waals surface area (Å²) in [5, 5.41) is 0.0730. The number of halogens is 5. The highest BCUT2D eigenvalue weighted by molar-refractivity contribution is 6.76. The lowest BCUT2D eigenvalue weighted by molar-refractivity contribution is -0.160. The van der Waals surface area contributed by atoms with Gasteiger partial charge >= 0.3 is 6.18 Å². The molecule has 3 aliphatic rings. The Morgan fingerprint density at radius 3 is 2.35 bits per heavy atom. The number of alkyl halides is 3. The Morgan fingerprint density at radius 2 is 1.79 bits per heavy atom. The van der Waals surface area contributed by atoms with Crippen LogP contribution in [-0.2, 0) is 28.0 Å². The molecule has 6 rings (SSSR count). The molecule has 3 aromatic rings. The Hall–Kier alpha value is -2.99. The third kappa shape index (κ3) is 5.92. The van der Waals surface area contributed by atoms with Crippen molar-refractivity contribution < 1.29 is 36.2 Å².